The first-order chi connectivity index (χ1) is 9.41. The van der Waals surface area contributed by atoms with E-state index in [2.05, 4.69) is 21.1 Å². The Hall–Kier alpha value is -1.82. The van der Waals surface area contributed by atoms with E-state index in [1.165, 1.54) is 0 Å². The molecule has 2 N–H and O–H groups in total. The Balaban J connectivity index is 2.23. The Morgan fingerprint density at radius 1 is 1.45 bits per heavy atom. The van der Waals surface area contributed by atoms with Crippen molar-refractivity contribution in [2.75, 3.05) is 12.8 Å². The van der Waals surface area contributed by atoms with Gasteiger partial charge in [0.05, 0.1) is 22.3 Å². The fourth-order valence-electron chi connectivity index (χ4n) is 1.96. The molecule has 0 aliphatic carbocycles. The highest BCUT2D eigenvalue weighted by Gasteiger charge is 2.19. The van der Waals surface area contributed by atoms with Crippen molar-refractivity contribution < 1.29 is 9.32 Å². The van der Waals surface area contributed by atoms with Crippen LogP contribution in [0.15, 0.2) is 27.2 Å². The average molecular weight is 338 g/mol. The van der Waals surface area contributed by atoms with Gasteiger partial charge in [0.2, 0.25) is 0 Å². The second-order valence-corrected chi connectivity index (χ2v) is 5.47. The molecule has 1 amide bonds. The lowest BCUT2D eigenvalue weighted by Crippen LogP contribution is -2.27. The van der Waals surface area contributed by atoms with Crippen molar-refractivity contribution >= 4 is 27.5 Å². The fourth-order valence-corrected chi connectivity index (χ4v) is 2.39. The zero-order valence-corrected chi connectivity index (χ0v) is 13.2. The number of nitrogens with two attached hydrogens (primary N) is 1. The monoisotopic (exact) mass is 337 g/mol. The van der Waals surface area contributed by atoms with Crippen LogP contribution in [0.25, 0.3) is 0 Å². The third kappa shape index (κ3) is 2.70. The van der Waals surface area contributed by atoms with Crippen molar-refractivity contribution in [3.05, 3.63) is 45.3 Å². The summed E-state index contributed by atoms with van der Waals surface area (Å²) in [5.41, 5.74) is 8.62. The first-order valence-electron chi connectivity index (χ1n) is 6.13. The fraction of sp³-hybridized carbons (Fsp3) is 0.286. The molecule has 0 saturated carbocycles. The zero-order chi connectivity index (χ0) is 14.9. The Morgan fingerprint density at radius 3 is 2.75 bits per heavy atom. The molecule has 6 heteroatoms. The van der Waals surface area contributed by atoms with E-state index < -0.39 is 0 Å². The minimum absolute atomic E-state index is 0.107. The molecule has 20 heavy (non-hydrogen) atoms. The molecule has 2 rings (SSSR count). The zero-order valence-electron chi connectivity index (χ0n) is 11.6. The molecule has 2 aromatic rings. The number of nitrogen functional groups attached to an aromatic ring is 1. The highest BCUT2D eigenvalue weighted by molar-refractivity contribution is 9.10. The van der Waals surface area contributed by atoms with Crippen molar-refractivity contribution in [1.82, 2.24) is 10.1 Å². The molecule has 0 bridgehead atoms. The Bertz CT molecular complexity index is 632. The molecule has 0 saturated heterocycles. The molecular weight excluding hydrogens is 322 g/mol. The summed E-state index contributed by atoms with van der Waals surface area (Å²) >= 11 is 3.35. The third-order valence-electron chi connectivity index (χ3n) is 3.18. The smallest absolute Gasteiger partial charge is 0.255 e. The largest absolute Gasteiger partial charge is 0.398 e. The molecule has 1 heterocycles. The van der Waals surface area contributed by atoms with E-state index in [0.29, 0.717) is 22.3 Å². The van der Waals surface area contributed by atoms with Crippen molar-refractivity contribution in [2.45, 2.75) is 20.4 Å². The summed E-state index contributed by atoms with van der Waals surface area (Å²) in [4.78, 5) is 14.1. The summed E-state index contributed by atoms with van der Waals surface area (Å²) in [6.45, 7) is 4.14. The summed E-state index contributed by atoms with van der Waals surface area (Å²) in [7, 11) is 1.74. The van der Waals surface area contributed by atoms with Gasteiger partial charge < -0.3 is 15.2 Å². The first-order valence-corrected chi connectivity index (χ1v) is 6.92. The average Bonchev–Trinajstić information content (AvgIpc) is 2.73. The summed E-state index contributed by atoms with van der Waals surface area (Å²) in [6.07, 6.45) is 0. The molecule has 0 aliphatic heterocycles. The van der Waals surface area contributed by atoms with Gasteiger partial charge in [-0.1, -0.05) is 11.2 Å². The van der Waals surface area contributed by atoms with Gasteiger partial charge in [-0.05, 0) is 41.9 Å². The van der Waals surface area contributed by atoms with E-state index in [-0.39, 0.29) is 5.91 Å². The highest BCUT2D eigenvalue weighted by atomic mass is 79.9. The van der Waals surface area contributed by atoms with Crippen LogP contribution in [0.4, 0.5) is 5.69 Å². The second kappa shape index (κ2) is 5.66. The number of carbonyl (C=O) groups is 1. The van der Waals surface area contributed by atoms with Gasteiger partial charge >= 0.3 is 0 Å². The van der Waals surface area contributed by atoms with Gasteiger partial charge in [-0.25, -0.2) is 0 Å². The number of anilines is 1. The van der Waals surface area contributed by atoms with Crippen LogP contribution in [0.2, 0.25) is 0 Å². The van der Waals surface area contributed by atoms with E-state index in [1.54, 1.807) is 30.1 Å². The lowest BCUT2D eigenvalue weighted by molar-refractivity contribution is 0.0783. The second-order valence-electron chi connectivity index (χ2n) is 4.67. The Kier molecular flexibility index (Phi) is 4.13. The topological polar surface area (TPSA) is 72.4 Å². The summed E-state index contributed by atoms with van der Waals surface area (Å²) in [5.74, 6) is 0.623. The number of aryl methyl sites for hydroxylation is 2. The molecule has 1 aromatic heterocycles. The minimum atomic E-state index is -0.107. The SMILES string of the molecule is Cc1noc(C)c1CN(C)C(=O)c1cccc(N)c1Br. The maximum atomic E-state index is 12.5. The minimum Gasteiger partial charge on any atom is -0.398 e. The van der Waals surface area contributed by atoms with Crippen molar-refractivity contribution in [3.8, 4) is 0 Å². The number of amides is 1. The molecule has 0 fully saturated rings. The van der Waals surface area contributed by atoms with Gasteiger partial charge in [0.15, 0.2) is 0 Å². The number of carbonyl (C=O) groups excluding carboxylic acids is 1. The van der Waals surface area contributed by atoms with Crippen LogP contribution >= 0.6 is 15.9 Å². The van der Waals surface area contributed by atoms with E-state index in [0.717, 1.165) is 17.0 Å². The Morgan fingerprint density at radius 2 is 2.15 bits per heavy atom. The number of halogens is 1. The molecular formula is C14H16BrN3O2. The van der Waals surface area contributed by atoms with Gasteiger partial charge in [0.25, 0.3) is 5.91 Å². The summed E-state index contributed by atoms with van der Waals surface area (Å²) in [6, 6.07) is 5.25. The molecule has 0 spiro atoms. The number of rotatable bonds is 3. The molecule has 0 atom stereocenters. The third-order valence-corrected chi connectivity index (χ3v) is 4.07. The van der Waals surface area contributed by atoms with E-state index >= 15 is 0 Å². The highest BCUT2D eigenvalue weighted by Crippen LogP contribution is 2.25. The van der Waals surface area contributed by atoms with E-state index in [4.69, 9.17) is 10.3 Å². The maximum Gasteiger partial charge on any atom is 0.255 e. The molecule has 5 nitrogen and oxygen atoms in total. The summed E-state index contributed by atoms with van der Waals surface area (Å²) < 4.78 is 5.73. The van der Waals surface area contributed by atoms with Crippen molar-refractivity contribution in [1.29, 1.82) is 0 Å². The molecule has 106 valence electrons. The molecule has 0 unspecified atom stereocenters. The quantitative estimate of drug-likeness (QED) is 0.874. The normalized spacial score (nSPS) is 10.6. The number of nitrogens with zero attached hydrogens (tertiary/aromatic N) is 2. The molecule has 0 radical (unpaired) electrons. The van der Waals surface area contributed by atoms with Crippen LogP contribution in [-0.4, -0.2) is 23.0 Å². The Labute approximate surface area is 125 Å². The van der Waals surface area contributed by atoms with Crippen LogP contribution in [0.1, 0.15) is 27.4 Å². The van der Waals surface area contributed by atoms with E-state index in [1.807, 2.05) is 13.8 Å². The van der Waals surface area contributed by atoms with Gasteiger partial charge in [-0.3, -0.25) is 4.79 Å². The summed E-state index contributed by atoms with van der Waals surface area (Å²) in [5, 5.41) is 3.89. The number of aromatic nitrogens is 1. The van der Waals surface area contributed by atoms with Crippen LogP contribution in [0, 0.1) is 13.8 Å². The predicted octanol–water partition coefficient (Wildman–Crippen LogP) is 2.91. The van der Waals surface area contributed by atoms with Crippen LogP contribution in [0.5, 0.6) is 0 Å². The van der Waals surface area contributed by atoms with Gasteiger partial charge in [0, 0.05) is 18.3 Å². The van der Waals surface area contributed by atoms with Crippen molar-refractivity contribution in [2.24, 2.45) is 0 Å². The lowest BCUT2D eigenvalue weighted by Gasteiger charge is -2.18. The predicted molar refractivity (Wildman–Crippen MR) is 80.3 cm³/mol. The van der Waals surface area contributed by atoms with Gasteiger partial charge in [-0.15, -0.1) is 0 Å². The number of hydrogen-bond donors (Lipinski definition) is 1. The van der Waals surface area contributed by atoms with E-state index in [9.17, 15) is 4.79 Å². The maximum absolute atomic E-state index is 12.5. The molecule has 1 aromatic carbocycles. The standard InChI is InChI=1S/C14H16BrN3O2/c1-8-11(9(2)20-17-8)7-18(3)14(19)10-5-4-6-12(16)13(10)15/h4-6H,7,16H2,1-3H3. The lowest BCUT2D eigenvalue weighted by atomic mass is 10.1. The van der Waals surface area contributed by atoms with Gasteiger partial charge in [0.1, 0.15) is 5.76 Å². The van der Waals surface area contributed by atoms with Crippen LogP contribution in [0.3, 0.4) is 0 Å². The van der Waals surface area contributed by atoms with Gasteiger partial charge in [-0.2, -0.15) is 0 Å². The molecule has 0 aliphatic rings. The van der Waals surface area contributed by atoms with Crippen molar-refractivity contribution in [3.63, 3.8) is 0 Å². The first kappa shape index (κ1) is 14.6. The van der Waals surface area contributed by atoms with Crippen LogP contribution < -0.4 is 5.73 Å². The number of benzene rings is 1. The number of hydrogen-bond acceptors (Lipinski definition) is 4. The van der Waals surface area contributed by atoms with Crippen LogP contribution in [-0.2, 0) is 6.54 Å².